The van der Waals surface area contributed by atoms with Crippen LogP contribution in [0.15, 0.2) is 36.4 Å². The van der Waals surface area contributed by atoms with E-state index in [0.717, 1.165) is 11.1 Å². The molecule has 5 nitrogen and oxygen atoms in total. The highest BCUT2D eigenvalue weighted by Gasteiger charge is 2.15. The third kappa shape index (κ3) is 5.03. The molecule has 0 aromatic heterocycles. The molecule has 0 radical (unpaired) electrons. The van der Waals surface area contributed by atoms with Crippen molar-refractivity contribution in [3.63, 3.8) is 0 Å². The first-order chi connectivity index (χ1) is 11.9. The number of hydrogen-bond donors (Lipinski definition) is 1. The summed E-state index contributed by atoms with van der Waals surface area (Å²) < 4.78 is 16.1. The number of carbonyl (C=O) groups excluding carboxylic acids is 1. The van der Waals surface area contributed by atoms with Gasteiger partial charge in [-0.25, -0.2) is 0 Å². The molecule has 0 aliphatic carbocycles. The lowest BCUT2D eigenvalue weighted by Crippen LogP contribution is -2.31. The number of halogens is 1. The molecule has 0 aliphatic rings. The van der Waals surface area contributed by atoms with Crippen LogP contribution in [0.3, 0.4) is 0 Å². The highest BCUT2D eigenvalue weighted by molar-refractivity contribution is 6.31. The number of nitrogens with one attached hydrogen (secondary N) is 1. The molecular weight excluding hydrogens is 342 g/mol. The normalized spacial score (nSPS) is 11.6. The van der Waals surface area contributed by atoms with Gasteiger partial charge in [0, 0.05) is 10.6 Å². The molecule has 2 aromatic carbocycles. The minimum Gasteiger partial charge on any atom is -0.497 e. The predicted octanol–water partition coefficient (Wildman–Crippen LogP) is 3.92. The summed E-state index contributed by atoms with van der Waals surface area (Å²) in [5.41, 5.74) is 1.73. The fourth-order valence-electron chi connectivity index (χ4n) is 2.39. The third-order valence-electron chi connectivity index (χ3n) is 3.78. The van der Waals surface area contributed by atoms with Crippen LogP contribution < -0.4 is 19.5 Å². The van der Waals surface area contributed by atoms with Crippen LogP contribution in [0.1, 0.15) is 24.1 Å². The van der Waals surface area contributed by atoms with Crippen LogP contribution in [0, 0.1) is 6.92 Å². The zero-order chi connectivity index (χ0) is 18.4. The van der Waals surface area contributed by atoms with Crippen molar-refractivity contribution in [1.29, 1.82) is 0 Å². The number of aryl methyl sites for hydroxylation is 1. The highest BCUT2D eigenvalue weighted by Crippen LogP contribution is 2.29. The Morgan fingerprint density at radius 2 is 1.84 bits per heavy atom. The first-order valence-corrected chi connectivity index (χ1v) is 8.22. The summed E-state index contributed by atoms with van der Waals surface area (Å²) in [6, 6.07) is 10.5. The van der Waals surface area contributed by atoms with Crippen LogP contribution >= 0.6 is 11.6 Å². The molecule has 0 saturated carbocycles. The van der Waals surface area contributed by atoms with Gasteiger partial charge in [0.05, 0.1) is 20.3 Å². The van der Waals surface area contributed by atoms with Gasteiger partial charge >= 0.3 is 0 Å². The van der Waals surface area contributed by atoms with Crippen LogP contribution in [-0.4, -0.2) is 26.7 Å². The summed E-state index contributed by atoms with van der Waals surface area (Å²) >= 11 is 5.98. The van der Waals surface area contributed by atoms with E-state index < -0.39 is 0 Å². The first-order valence-electron chi connectivity index (χ1n) is 7.84. The molecule has 0 spiro atoms. The average Bonchev–Trinajstić information content (AvgIpc) is 2.62. The largest absolute Gasteiger partial charge is 0.497 e. The molecule has 0 saturated heterocycles. The number of rotatable bonds is 7. The number of benzene rings is 2. The molecule has 0 bridgehead atoms. The van der Waals surface area contributed by atoms with Crippen molar-refractivity contribution in [3.05, 3.63) is 52.5 Å². The SMILES string of the molecule is COc1ccc(OC)c(C(C)NC(=O)COc2ccc(Cl)c(C)c2)c1. The number of methoxy groups -OCH3 is 2. The zero-order valence-corrected chi connectivity index (χ0v) is 15.5. The van der Waals surface area contributed by atoms with Crippen LogP contribution in [0.5, 0.6) is 17.2 Å². The van der Waals surface area contributed by atoms with Crippen LogP contribution in [0.25, 0.3) is 0 Å². The fraction of sp³-hybridized carbons (Fsp3) is 0.316. The van der Waals surface area contributed by atoms with E-state index in [-0.39, 0.29) is 18.6 Å². The number of hydrogen-bond acceptors (Lipinski definition) is 4. The second-order valence-corrected chi connectivity index (χ2v) is 6.00. The van der Waals surface area contributed by atoms with Gasteiger partial charge in [0.2, 0.25) is 0 Å². The Bertz CT molecular complexity index is 748. The maximum Gasteiger partial charge on any atom is 0.258 e. The van der Waals surface area contributed by atoms with Crippen molar-refractivity contribution in [2.45, 2.75) is 19.9 Å². The molecule has 2 rings (SSSR count). The quantitative estimate of drug-likeness (QED) is 0.810. The summed E-state index contributed by atoms with van der Waals surface area (Å²) in [6.45, 7) is 3.67. The topological polar surface area (TPSA) is 56.8 Å². The van der Waals surface area contributed by atoms with E-state index >= 15 is 0 Å². The van der Waals surface area contributed by atoms with Crippen LogP contribution in [0.4, 0.5) is 0 Å². The lowest BCUT2D eigenvalue weighted by atomic mass is 10.1. The van der Waals surface area contributed by atoms with Crippen molar-refractivity contribution in [2.24, 2.45) is 0 Å². The van der Waals surface area contributed by atoms with E-state index in [1.807, 2.05) is 32.0 Å². The maximum absolute atomic E-state index is 12.2. The molecule has 2 aromatic rings. The van der Waals surface area contributed by atoms with Gasteiger partial charge in [0.1, 0.15) is 17.2 Å². The Labute approximate surface area is 152 Å². The van der Waals surface area contributed by atoms with E-state index in [0.29, 0.717) is 22.3 Å². The van der Waals surface area contributed by atoms with Crippen molar-refractivity contribution in [3.8, 4) is 17.2 Å². The average molecular weight is 364 g/mol. The second-order valence-electron chi connectivity index (χ2n) is 5.60. The standard InChI is InChI=1S/C19H22ClNO4/c1-12-9-15(5-7-17(12)20)25-11-19(22)21-13(2)16-10-14(23-3)6-8-18(16)24-4/h5-10,13H,11H2,1-4H3,(H,21,22). The van der Waals surface area contributed by atoms with Crippen molar-refractivity contribution >= 4 is 17.5 Å². The maximum atomic E-state index is 12.2. The molecule has 0 aliphatic heterocycles. The predicted molar refractivity (Wildman–Crippen MR) is 97.8 cm³/mol. The summed E-state index contributed by atoms with van der Waals surface area (Å²) in [5, 5.41) is 3.56. The number of carbonyl (C=O) groups is 1. The second kappa shape index (κ2) is 8.62. The molecule has 134 valence electrons. The molecule has 0 fully saturated rings. The molecular formula is C19H22ClNO4. The van der Waals surface area contributed by atoms with E-state index in [2.05, 4.69) is 5.32 Å². The Kier molecular flexibility index (Phi) is 6.53. The fourth-order valence-corrected chi connectivity index (χ4v) is 2.51. The minimum absolute atomic E-state index is 0.0856. The van der Waals surface area contributed by atoms with Gasteiger partial charge in [0.15, 0.2) is 6.61 Å². The Morgan fingerprint density at radius 1 is 1.12 bits per heavy atom. The van der Waals surface area contributed by atoms with Crippen molar-refractivity contribution in [1.82, 2.24) is 5.32 Å². The molecule has 0 heterocycles. The smallest absolute Gasteiger partial charge is 0.258 e. The molecule has 1 unspecified atom stereocenters. The van der Waals surface area contributed by atoms with Gasteiger partial charge in [-0.05, 0) is 55.8 Å². The summed E-state index contributed by atoms with van der Waals surface area (Å²) in [6.07, 6.45) is 0. The minimum atomic E-state index is -0.256. The molecule has 1 amide bonds. The van der Waals surface area contributed by atoms with Crippen LogP contribution in [-0.2, 0) is 4.79 Å². The van der Waals surface area contributed by atoms with Gasteiger partial charge in [-0.1, -0.05) is 11.6 Å². The van der Waals surface area contributed by atoms with Gasteiger partial charge in [0.25, 0.3) is 5.91 Å². The monoisotopic (exact) mass is 363 g/mol. The summed E-state index contributed by atoms with van der Waals surface area (Å²) in [4.78, 5) is 12.2. The lowest BCUT2D eigenvalue weighted by Gasteiger charge is -2.18. The van der Waals surface area contributed by atoms with E-state index in [1.54, 1.807) is 32.4 Å². The van der Waals surface area contributed by atoms with Crippen LogP contribution in [0.2, 0.25) is 5.02 Å². The van der Waals surface area contributed by atoms with Crippen molar-refractivity contribution < 1.29 is 19.0 Å². The summed E-state index contributed by atoms with van der Waals surface area (Å²) in [5.74, 6) is 1.75. The van der Waals surface area contributed by atoms with Crippen molar-refractivity contribution in [2.75, 3.05) is 20.8 Å². The van der Waals surface area contributed by atoms with E-state index in [4.69, 9.17) is 25.8 Å². The van der Waals surface area contributed by atoms with Gasteiger partial charge in [-0.3, -0.25) is 4.79 Å². The molecule has 1 atom stereocenters. The van der Waals surface area contributed by atoms with E-state index in [9.17, 15) is 4.79 Å². The van der Waals surface area contributed by atoms with Gasteiger partial charge < -0.3 is 19.5 Å². The highest BCUT2D eigenvalue weighted by atomic mass is 35.5. The number of ether oxygens (including phenoxy) is 3. The molecule has 6 heteroatoms. The Morgan fingerprint density at radius 3 is 2.48 bits per heavy atom. The lowest BCUT2D eigenvalue weighted by molar-refractivity contribution is -0.123. The molecule has 25 heavy (non-hydrogen) atoms. The first kappa shape index (κ1) is 18.9. The van der Waals surface area contributed by atoms with Gasteiger partial charge in [-0.2, -0.15) is 0 Å². The Hall–Kier alpha value is -2.40. The summed E-state index contributed by atoms with van der Waals surface area (Å²) in [7, 11) is 3.18. The third-order valence-corrected chi connectivity index (χ3v) is 4.20. The number of amides is 1. The van der Waals surface area contributed by atoms with E-state index in [1.165, 1.54) is 0 Å². The molecule has 1 N–H and O–H groups in total. The van der Waals surface area contributed by atoms with Gasteiger partial charge in [-0.15, -0.1) is 0 Å². The zero-order valence-electron chi connectivity index (χ0n) is 14.8. The Balaban J connectivity index is 1.99.